The minimum absolute atomic E-state index is 0.819. The van der Waals surface area contributed by atoms with Crippen LogP contribution in [0.2, 0.25) is 0 Å². The van der Waals surface area contributed by atoms with Crippen molar-refractivity contribution in [3.05, 3.63) is 30.5 Å². The molecule has 0 unspecified atom stereocenters. The molecular formula is C15H22N2O2. The lowest BCUT2D eigenvalue weighted by atomic mass is 10.2. The summed E-state index contributed by atoms with van der Waals surface area (Å²) in [5.74, 6) is 0.906. The van der Waals surface area contributed by atoms with E-state index >= 15 is 0 Å². The number of nitrogens with one attached hydrogen (secondary N) is 1. The van der Waals surface area contributed by atoms with Gasteiger partial charge in [0.1, 0.15) is 5.75 Å². The molecular weight excluding hydrogens is 240 g/mol. The minimum atomic E-state index is 0.819. The van der Waals surface area contributed by atoms with Crippen LogP contribution in [0.15, 0.2) is 30.5 Å². The van der Waals surface area contributed by atoms with E-state index in [1.807, 2.05) is 6.07 Å². The van der Waals surface area contributed by atoms with Gasteiger partial charge in [-0.05, 0) is 37.2 Å². The van der Waals surface area contributed by atoms with E-state index in [0.717, 1.165) is 38.4 Å². The van der Waals surface area contributed by atoms with Crippen molar-refractivity contribution < 1.29 is 9.47 Å². The Bertz CT molecular complexity index is 508. The van der Waals surface area contributed by atoms with Crippen LogP contribution >= 0.6 is 0 Å². The molecule has 1 aromatic heterocycles. The normalized spacial score (nSPS) is 11.1. The Hall–Kier alpha value is -1.52. The molecule has 1 aromatic carbocycles. The highest BCUT2D eigenvalue weighted by Gasteiger charge is 2.02. The molecule has 0 aliphatic carbocycles. The monoisotopic (exact) mass is 262 g/mol. The first-order chi connectivity index (χ1) is 9.35. The van der Waals surface area contributed by atoms with Gasteiger partial charge in [0, 0.05) is 43.9 Å². The maximum absolute atomic E-state index is 5.23. The van der Waals surface area contributed by atoms with Gasteiger partial charge in [-0.3, -0.25) is 0 Å². The topological polar surface area (TPSA) is 35.4 Å². The van der Waals surface area contributed by atoms with Crippen molar-refractivity contribution in [2.75, 3.05) is 33.9 Å². The highest BCUT2D eigenvalue weighted by molar-refractivity contribution is 5.81. The van der Waals surface area contributed by atoms with Gasteiger partial charge in [-0.15, -0.1) is 0 Å². The zero-order valence-corrected chi connectivity index (χ0v) is 11.7. The first kappa shape index (κ1) is 13.9. The van der Waals surface area contributed by atoms with Gasteiger partial charge in [0.05, 0.1) is 7.11 Å². The van der Waals surface area contributed by atoms with Gasteiger partial charge in [-0.2, -0.15) is 0 Å². The lowest BCUT2D eigenvalue weighted by molar-refractivity contribution is 0.194. The molecule has 1 heterocycles. The molecule has 0 aliphatic rings. The second-order valence-corrected chi connectivity index (χ2v) is 4.53. The Morgan fingerprint density at radius 3 is 2.84 bits per heavy atom. The fraction of sp³-hybridized carbons (Fsp3) is 0.467. The van der Waals surface area contributed by atoms with Crippen molar-refractivity contribution in [2.24, 2.45) is 0 Å². The second kappa shape index (κ2) is 7.16. The number of fused-ring (bicyclic) bond motifs is 1. The molecule has 19 heavy (non-hydrogen) atoms. The van der Waals surface area contributed by atoms with E-state index in [-0.39, 0.29) is 0 Å². The van der Waals surface area contributed by atoms with E-state index in [9.17, 15) is 0 Å². The van der Waals surface area contributed by atoms with Crippen molar-refractivity contribution in [3.63, 3.8) is 0 Å². The standard InChI is InChI=1S/C15H22N2O2/c1-18-11-3-7-16-8-10-17-9-6-13-12-14(19-2)4-5-15(13)17/h4-6,9,12,16H,3,7-8,10-11H2,1-2H3. The first-order valence-corrected chi connectivity index (χ1v) is 6.67. The molecule has 0 spiro atoms. The third-order valence-electron chi connectivity index (χ3n) is 3.21. The van der Waals surface area contributed by atoms with Gasteiger partial charge in [0.25, 0.3) is 0 Å². The van der Waals surface area contributed by atoms with Crippen LogP contribution in [-0.2, 0) is 11.3 Å². The Morgan fingerprint density at radius 2 is 2.05 bits per heavy atom. The minimum Gasteiger partial charge on any atom is -0.497 e. The van der Waals surface area contributed by atoms with Gasteiger partial charge < -0.3 is 19.4 Å². The summed E-state index contributed by atoms with van der Waals surface area (Å²) in [4.78, 5) is 0. The lowest BCUT2D eigenvalue weighted by Crippen LogP contribution is -2.21. The van der Waals surface area contributed by atoms with Crippen molar-refractivity contribution in [3.8, 4) is 5.75 Å². The maximum Gasteiger partial charge on any atom is 0.119 e. The molecule has 2 rings (SSSR count). The molecule has 0 aliphatic heterocycles. The average molecular weight is 262 g/mol. The molecule has 1 N–H and O–H groups in total. The van der Waals surface area contributed by atoms with Gasteiger partial charge >= 0.3 is 0 Å². The summed E-state index contributed by atoms with van der Waals surface area (Å²) >= 11 is 0. The van der Waals surface area contributed by atoms with E-state index in [2.05, 4.69) is 34.3 Å². The van der Waals surface area contributed by atoms with Crippen LogP contribution < -0.4 is 10.1 Å². The number of aromatic nitrogens is 1. The summed E-state index contributed by atoms with van der Waals surface area (Å²) in [5, 5.41) is 4.64. The third kappa shape index (κ3) is 3.72. The summed E-state index contributed by atoms with van der Waals surface area (Å²) in [7, 11) is 3.43. The van der Waals surface area contributed by atoms with E-state index in [1.54, 1.807) is 14.2 Å². The molecule has 0 saturated heterocycles. The predicted molar refractivity (Wildman–Crippen MR) is 77.9 cm³/mol. The van der Waals surface area contributed by atoms with Gasteiger partial charge in [0.2, 0.25) is 0 Å². The Balaban J connectivity index is 1.87. The maximum atomic E-state index is 5.23. The zero-order chi connectivity index (χ0) is 13.5. The molecule has 0 saturated carbocycles. The lowest BCUT2D eigenvalue weighted by Gasteiger charge is -2.07. The number of nitrogens with zero attached hydrogens (tertiary/aromatic N) is 1. The molecule has 4 heteroatoms. The molecule has 0 bridgehead atoms. The average Bonchev–Trinajstić information content (AvgIpc) is 2.85. The predicted octanol–water partition coefficient (Wildman–Crippen LogP) is 2.28. The van der Waals surface area contributed by atoms with E-state index < -0.39 is 0 Å². The fourth-order valence-corrected chi connectivity index (χ4v) is 2.17. The number of methoxy groups -OCH3 is 2. The van der Waals surface area contributed by atoms with Crippen molar-refractivity contribution in [1.29, 1.82) is 0 Å². The van der Waals surface area contributed by atoms with Crippen molar-refractivity contribution in [2.45, 2.75) is 13.0 Å². The molecule has 104 valence electrons. The van der Waals surface area contributed by atoms with Crippen LogP contribution in [-0.4, -0.2) is 38.5 Å². The highest BCUT2D eigenvalue weighted by Crippen LogP contribution is 2.21. The Kier molecular flexibility index (Phi) is 5.24. The van der Waals surface area contributed by atoms with Crippen LogP contribution in [0.4, 0.5) is 0 Å². The molecule has 0 amide bonds. The molecule has 4 nitrogen and oxygen atoms in total. The summed E-state index contributed by atoms with van der Waals surface area (Å²) in [6.45, 7) is 3.77. The molecule has 2 aromatic rings. The summed E-state index contributed by atoms with van der Waals surface area (Å²) in [5.41, 5.74) is 1.25. The van der Waals surface area contributed by atoms with Crippen LogP contribution in [0.3, 0.4) is 0 Å². The first-order valence-electron chi connectivity index (χ1n) is 6.67. The van der Waals surface area contributed by atoms with Crippen molar-refractivity contribution in [1.82, 2.24) is 9.88 Å². The smallest absolute Gasteiger partial charge is 0.119 e. The van der Waals surface area contributed by atoms with Crippen molar-refractivity contribution >= 4 is 10.9 Å². The van der Waals surface area contributed by atoms with Crippen LogP contribution in [0.1, 0.15) is 6.42 Å². The van der Waals surface area contributed by atoms with E-state index in [4.69, 9.17) is 9.47 Å². The van der Waals surface area contributed by atoms with Crippen LogP contribution in [0, 0.1) is 0 Å². The number of benzene rings is 1. The number of rotatable bonds is 8. The highest BCUT2D eigenvalue weighted by atomic mass is 16.5. The zero-order valence-electron chi connectivity index (χ0n) is 11.7. The second-order valence-electron chi connectivity index (χ2n) is 4.53. The Morgan fingerprint density at radius 1 is 1.16 bits per heavy atom. The van der Waals surface area contributed by atoms with Crippen LogP contribution in [0.5, 0.6) is 5.75 Å². The summed E-state index contributed by atoms with van der Waals surface area (Å²) in [6.07, 6.45) is 3.18. The summed E-state index contributed by atoms with van der Waals surface area (Å²) < 4.78 is 12.5. The van der Waals surface area contributed by atoms with E-state index in [1.165, 1.54) is 10.9 Å². The van der Waals surface area contributed by atoms with Crippen LogP contribution in [0.25, 0.3) is 10.9 Å². The molecule has 0 atom stereocenters. The van der Waals surface area contributed by atoms with Gasteiger partial charge in [0.15, 0.2) is 0 Å². The quantitative estimate of drug-likeness (QED) is 0.741. The van der Waals surface area contributed by atoms with E-state index in [0.29, 0.717) is 0 Å². The van der Waals surface area contributed by atoms with Gasteiger partial charge in [-0.1, -0.05) is 0 Å². The summed E-state index contributed by atoms with van der Waals surface area (Å²) in [6, 6.07) is 8.31. The number of hydrogen-bond donors (Lipinski definition) is 1. The Labute approximate surface area is 114 Å². The molecule has 0 radical (unpaired) electrons. The number of hydrogen-bond acceptors (Lipinski definition) is 3. The third-order valence-corrected chi connectivity index (χ3v) is 3.21. The van der Waals surface area contributed by atoms with Gasteiger partial charge in [-0.25, -0.2) is 0 Å². The molecule has 0 fully saturated rings. The largest absolute Gasteiger partial charge is 0.497 e. The SMILES string of the molecule is COCCCNCCn1ccc2cc(OC)ccc21. The number of ether oxygens (including phenoxy) is 2. The fourth-order valence-electron chi connectivity index (χ4n) is 2.17.